The first-order valence-corrected chi connectivity index (χ1v) is 8.39. The van der Waals surface area contributed by atoms with E-state index in [1.807, 2.05) is 30.5 Å². The summed E-state index contributed by atoms with van der Waals surface area (Å²) in [5.41, 5.74) is 2.71. The fraction of sp³-hybridized carbons (Fsp3) is 0.263. The van der Waals surface area contributed by atoms with Crippen LogP contribution in [-0.2, 0) is 13.0 Å². The van der Waals surface area contributed by atoms with Crippen molar-refractivity contribution < 1.29 is 19.3 Å². The van der Waals surface area contributed by atoms with E-state index in [1.165, 1.54) is 7.11 Å². The molecule has 7 nitrogen and oxygen atoms in total. The van der Waals surface area contributed by atoms with Crippen molar-refractivity contribution in [2.45, 2.75) is 13.0 Å². The first-order valence-electron chi connectivity index (χ1n) is 8.39. The highest BCUT2D eigenvalue weighted by atomic mass is 16.6. The third kappa shape index (κ3) is 3.28. The molecule has 0 unspecified atom stereocenters. The molecule has 26 heavy (non-hydrogen) atoms. The number of aromatic hydroxyl groups is 1. The van der Waals surface area contributed by atoms with E-state index in [1.54, 1.807) is 16.8 Å². The van der Waals surface area contributed by atoms with E-state index in [4.69, 9.17) is 14.2 Å². The van der Waals surface area contributed by atoms with Crippen LogP contribution in [0, 0.1) is 0 Å². The van der Waals surface area contributed by atoms with E-state index in [0.29, 0.717) is 25.5 Å². The smallest absolute Gasteiger partial charge is 0.162 e. The van der Waals surface area contributed by atoms with Gasteiger partial charge in [-0.2, -0.15) is 0 Å². The number of methoxy groups -OCH3 is 1. The van der Waals surface area contributed by atoms with Crippen LogP contribution in [-0.4, -0.2) is 40.4 Å². The SMILES string of the molecule is COc1ccc(CCn2cc(-c3ccc4c(c3)OCCO4)nn2)cc1O. The second-order valence-electron chi connectivity index (χ2n) is 5.98. The summed E-state index contributed by atoms with van der Waals surface area (Å²) in [5, 5.41) is 18.3. The van der Waals surface area contributed by atoms with Gasteiger partial charge in [0.25, 0.3) is 0 Å². The van der Waals surface area contributed by atoms with E-state index in [2.05, 4.69) is 10.3 Å². The molecule has 1 N–H and O–H groups in total. The second-order valence-corrected chi connectivity index (χ2v) is 5.98. The molecule has 0 aliphatic carbocycles. The maximum atomic E-state index is 9.86. The van der Waals surface area contributed by atoms with Crippen LogP contribution in [0.4, 0.5) is 0 Å². The number of aromatic nitrogens is 3. The zero-order valence-corrected chi connectivity index (χ0v) is 14.4. The molecule has 1 aromatic heterocycles. The summed E-state index contributed by atoms with van der Waals surface area (Å²) < 4.78 is 18.0. The molecular weight excluding hydrogens is 334 g/mol. The fourth-order valence-electron chi connectivity index (χ4n) is 2.88. The normalized spacial score (nSPS) is 12.8. The molecule has 1 aliphatic heterocycles. The molecular formula is C19H19N3O4. The van der Waals surface area contributed by atoms with Crippen LogP contribution in [0.5, 0.6) is 23.0 Å². The Morgan fingerprint density at radius 3 is 2.77 bits per heavy atom. The predicted octanol–water partition coefficient (Wildman–Crippen LogP) is 2.67. The highest BCUT2D eigenvalue weighted by molar-refractivity contribution is 5.63. The largest absolute Gasteiger partial charge is 0.504 e. The van der Waals surface area contributed by atoms with Crippen molar-refractivity contribution in [3.05, 3.63) is 48.2 Å². The number of fused-ring (bicyclic) bond motifs is 1. The third-order valence-corrected chi connectivity index (χ3v) is 4.25. The Hall–Kier alpha value is -3.22. The summed E-state index contributed by atoms with van der Waals surface area (Å²) in [7, 11) is 1.53. The molecule has 2 heterocycles. The number of hydrogen-bond acceptors (Lipinski definition) is 6. The molecule has 134 valence electrons. The first kappa shape index (κ1) is 16.3. The van der Waals surface area contributed by atoms with Crippen LogP contribution >= 0.6 is 0 Å². The van der Waals surface area contributed by atoms with Crippen molar-refractivity contribution in [2.75, 3.05) is 20.3 Å². The van der Waals surface area contributed by atoms with Crippen molar-refractivity contribution in [3.63, 3.8) is 0 Å². The molecule has 1 aliphatic rings. The van der Waals surface area contributed by atoms with Gasteiger partial charge < -0.3 is 19.3 Å². The summed E-state index contributed by atoms with van der Waals surface area (Å²) in [6, 6.07) is 11.2. The lowest BCUT2D eigenvalue weighted by Crippen LogP contribution is -2.15. The molecule has 7 heteroatoms. The van der Waals surface area contributed by atoms with Crippen molar-refractivity contribution in [1.29, 1.82) is 0 Å². The van der Waals surface area contributed by atoms with Crippen LogP contribution < -0.4 is 14.2 Å². The minimum absolute atomic E-state index is 0.139. The fourth-order valence-corrected chi connectivity index (χ4v) is 2.88. The Bertz CT molecular complexity index is 923. The van der Waals surface area contributed by atoms with Crippen LogP contribution in [0.3, 0.4) is 0 Å². The summed E-state index contributed by atoms with van der Waals surface area (Å²) in [6.07, 6.45) is 2.62. The van der Waals surface area contributed by atoms with Gasteiger partial charge in [-0.05, 0) is 42.3 Å². The quantitative estimate of drug-likeness (QED) is 0.760. The topological polar surface area (TPSA) is 78.6 Å². The van der Waals surface area contributed by atoms with E-state index >= 15 is 0 Å². The number of rotatable bonds is 5. The van der Waals surface area contributed by atoms with E-state index in [9.17, 15) is 5.11 Å². The first-order chi connectivity index (χ1) is 12.7. The number of aryl methyl sites for hydroxylation is 2. The molecule has 3 aromatic rings. The molecule has 0 bridgehead atoms. The summed E-state index contributed by atoms with van der Waals surface area (Å²) in [6.45, 7) is 1.78. The predicted molar refractivity (Wildman–Crippen MR) is 94.8 cm³/mol. The van der Waals surface area contributed by atoms with Crippen molar-refractivity contribution in [1.82, 2.24) is 15.0 Å². The van der Waals surface area contributed by atoms with Gasteiger partial charge in [-0.25, -0.2) is 0 Å². The van der Waals surface area contributed by atoms with Crippen LogP contribution in [0.1, 0.15) is 5.56 Å². The molecule has 0 spiro atoms. The summed E-state index contributed by atoms with van der Waals surface area (Å²) in [5.74, 6) is 2.10. The number of phenols is 1. The van der Waals surface area contributed by atoms with Gasteiger partial charge in [0.05, 0.1) is 13.3 Å². The van der Waals surface area contributed by atoms with Gasteiger partial charge in [0.1, 0.15) is 18.9 Å². The Labute approximate surface area is 150 Å². The minimum atomic E-state index is 0.139. The average Bonchev–Trinajstić information content (AvgIpc) is 3.15. The van der Waals surface area contributed by atoms with Crippen LogP contribution in [0.2, 0.25) is 0 Å². The second kappa shape index (κ2) is 6.95. The lowest BCUT2D eigenvalue weighted by atomic mass is 10.1. The van der Waals surface area contributed by atoms with Crippen molar-refractivity contribution >= 4 is 0 Å². The third-order valence-electron chi connectivity index (χ3n) is 4.25. The van der Waals surface area contributed by atoms with Crippen molar-refractivity contribution in [2.24, 2.45) is 0 Å². The van der Waals surface area contributed by atoms with Gasteiger partial charge in [-0.15, -0.1) is 5.10 Å². The van der Waals surface area contributed by atoms with Crippen molar-refractivity contribution in [3.8, 4) is 34.3 Å². The number of nitrogens with zero attached hydrogens (tertiary/aromatic N) is 3. The van der Waals surface area contributed by atoms with E-state index in [0.717, 1.165) is 34.7 Å². The number of phenolic OH excluding ortho intramolecular Hbond substituents is 1. The van der Waals surface area contributed by atoms with Crippen LogP contribution in [0.15, 0.2) is 42.6 Å². The summed E-state index contributed by atoms with van der Waals surface area (Å²) in [4.78, 5) is 0. The lowest BCUT2D eigenvalue weighted by molar-refractivity contribution is 0.171. The molecule has 0 saturated carbocycles. The Balaban J connectivity index is 1.45. The molecule has 0 fully saturated rings. The Kier molecular flexibility index (Phi) is 4.35. The maximum Gasteiger partial charge on any atom is 0.162 e. The lowest BCUT2D eigenvalue weighted by Gasteiger charge is -2.18. The number of hydrogen-bond donors (Lipinski definition) is 1. The Morgan fingerprint density at radius 1 is 1.12 bits per heavy atom. The number of ether oxygens (including phenoxy) is 3. The van der Waals surface area contributed by atoms with E-state index in [-0.39, 0.29) is 5.75 Å². The zero-order chi connectivity index (χ0) is 17.9. The molecule has 2 aromatic carbocycles. The van der Waals surface area contributed by atoms with Gasteiger partial charge >= 0.3 is 0 Å². The average molecular weight is 353 g/mol. The Morgan fingerprint density at radius 2 is 1.96 bits per heavy atom. The molecule has 0 amide bonds. The van der Waals surface area contributed by atoms with E-state index < -0.39 is 0 Å². The molecule has 0 saturated heterocycles. The van der Waals surface area contributed by atoms with Gasteiger partial charge in [0.2, 0.25) is 0 Å². The van der Waals surface area contributed by atoms with Crippen LogP contribution in [0.25, 0.3) is 11.3 Å². The van der Waals surface area contributed by atoms with Gasteiger partial charge in [-0.3, -0.25) is 4.68 Å². The minimum Gasteiger partial charge on any atom is -0.504 e. The zero-order valence-electron chi connectivity index (χ0n) is 14.4. The standard InChI is InChI=1S/C19H19N3O4/c1-24-17-4-2-13(10-16(17)23)6-7-22-12-15(20-21-22)14-3-5-18-19(11-14)26-9-8-25-18/h2-5,10-12,23H,6-9H2,1H3. The monoisotopic (exact) mass is 353 g/mol. The maximum absolute atomic E-state index is 9.86. The molecule has 0 atom stereocenters. The van der Waals surface area contributed by atoms with Gasteiger partial charge in [-0.1, -0.05) is 11.3 Å². The number of benzene rings is 2. The molecule has 4 rings (SSSR count). The van der Waals surface area contributed by atoms with Gasteiger partial charge in [0.15, 0.2) is 23.0 Å². The summed E-state index contributed by atoms with van der Waals surface area (Å²) >= 11 is 0. The molecule has 0 radical (unpaired) electrons. The van der Waals surface area contributed by atoms with Gasteiger partial charge in [0, 0.05) is 12.1 Å². The highest BCUT2D eigenvalue weighted by Crippen LogP contribution is 2.33. The highest BCUT2D eigenvalue weighted by Gasteiger charge is 2.14.